The van der Waals surface area contributed by atoms with Crippen LogP contribution < -0.4 is 5.32 Å². The van der Waals surface area contributed by atoms with Crippen LogP contribution in [0.5, 0.6) is 0 Å². The number of amides is 2. The molecule has 0 bridgehead atoms. The van der Waals surface area contributed by atoms with Crippen LogP contribution in [0.1, 0.15) is 49.5 Å². The van der Waals surface area contributed by atoms with E-state index < -0.39 is 5.97 Å². The van der Waals surface area contributed by atoms with E-state index in [0.717, 1.165) is 38.8 Å². The predicted molar refractivity (Wildman–Crippen MR) is 87.6 cm³/mol. The van der Waals surface area contributed by atoms with Gasteiger partial charge in [0.2, 0.25) is 0 Å². The second-order valence-electron chi connectivity index (χ2n) is 6.47. The number of carbonyl (C=O) groups is 2. The fourth-order valence-corrected chi connectivity index (χ4v) is 4.33. The summed E-state index contributed by atoms with van der Waals surface area (Å²) in [5.74, 6) is -0.471. The molecular formula is C16H23N3O3S. The molecule has 1 saturated carbocycles. The molecule has 0 spiro atoms. The van der Waals surface area contributed by atoms with Gasteiger partial charge >= 0.3 is 12.0 Å². The summed E-state index contributed by atoms with van der Waals surface area (Å²) in [4.78, 5) is 29.6. The molecule has 2 aliphatic rings. The molecule has 1 aromatic rings. The second kappa shape index (κ2) is 7.29. The molecule has 2 fully saturated rings. The van der Waals surface area contributed by atoms with Crippen molar-refractivity contribution in [1.29, 1.82) is 0 Å². The highest BCUT2D eigenvalue weighted by Gasteiger charge is 2.29. The van der Waals surface area contributed by atoms with Crippen LogP contribution in [0.4, 0.5) is 4.79 Å². The Morgan fingerprint density at radius 2 is 1.87 bits per heavy atom. The van der Waals surface area contributed by atoms with Crippen LogP contribution >= 0.6 is 11.3 Å². The smallest absolute Gasteiger partial charge is 0.317 e. The molecular weight excluding hydrogens is 314 g/mol. The monoisotopic (exact) mass is 337 g/mol. The van der Waals surface area contributed by atoms with E-state index in [1.807, 2.05) is 16.5 Å². The van der Waals surface area contributed by atoms with E-state index in [-0.39, 0.29) is 18.0 Å². The maximum atomic E-state index is 12.4. The lowest BCUT2D eigenvalue weighted by Gasteiger charge is -2.34. The Morgan fingerprint density at radius 1 is 1.17 bits per heavy atom. The van der Waals surface area contributed by atoms with Crippen LogP contribution in [0.3, 0.4) is 0 Å². The molecule has 0 unspecified atom stereocenters. The van der Waals surface area contributed by atoms with Crippen molar-refractivity contribution in [3.05, 3.63) is 16.6 Å². The molecule has 6 nitrogen and oxygen atoms in total. The summed E-state index contributed by atoms with van der Waals surface area (Å²) >= 11 is 1.69. The molecule has 2 heterocycles. The molecule has 1 aliphatic carbocycles. The Morgan fingerprint density at radius 3 is 2.43 bits per heavy atom. The van der Waals surface area contributed by atoms with Crippen molar-refractivity contribution in [2.75, 3.05) is 13.1 Å². The van der Waals surface area contributed by atoms with Crippen LogP contribution in [0, 0.1) is 5.92 Å². The molecule has 2 N–H and O–H groups in total. The predicted octanol–water partition coefficient (Wildman–Crippen LogP) is 2.68. The van der Waals surface area contributed by atoms with Crippen LogP contribution in [0.15, 0.2) is 11.6 Å². The molecule has 0 atom stereocenters. The highest BCUT2D eigenvalue weighted by molar-refractivity contribution is 7.09. The maximum absolute atomic E-state index is 12.4. The summed E-state index contributed by atoms with van der Waals surface area (Å²) < 4.78 is 0. The average Bonchev–Trinajstić information content (AvgIpc) is 3.10. The number of carboxylic acids is 1. The Kier molecular flexibility index (Phi) is 5.15. The van der Waals surface area contributed by atoms with Crippen LogP contribution in [-0.4, -0.2) is 46.1 Å². The second-order valence-corrected chi connectivity index (χ2v) is 7.39. The first kappa shape index (κ1) is 16.2. The first-order chi connectivity index (χ1) is 11.1. The number of urea groups is 1. The lowest BCUT2D eigenvalue weighted by atomic mass is 9.86. The molecule has 7 heteroatoms. The number of piperidine rings is 1. The number of aliphatic carboxylic acids is 1. The van der Waals surface area contributed by atoms with Crippen molar-refractivity contribution in [2.45, 2.75) is 50.5 Å². The van der Waals surface area contributed by atoms with E-state index in [1.165, 1.54) is 5.01 Å². The van der Waals surface area contributed by atoms with E-state index in [4.69, 9.17) is 5.11 Å². The molecule has 23 heavy (non-hydrogen) atoms. The minimum atomic E-state index is -0.709. The quantitative estimate of drug-likeness (QED) is 0.888. The standard InChI is InChI=1S/C16H23N3O3S/c20-15(21)12-1-3-13(4-2-12)18-16(22)19-8-5-11(6-9-19)14-17-7-10-23-14/h7,10-13H,1-6,8-9H2,(H,18,22)(H,20,21). The van der Waals surface area contributed by atoms with E-state index in [9.17, 15) is 9.59 Å². The van der Waals surface area contributed by atoms with Crippen molar-refractivity contribution in [1.82, 2.24) is 15.2 Å². The zero-order chi connectivity index (χ0) is 16.2. The Labute approximate surface area is 139 Å². The zero-order valence-corrected chi connectivity index (χ0v) is 13.9. The van der Waals surface area contributed by atoms with Gasteiger partial charge in [-0.2, -0.15) is 0 Å². The number of carboxylic acid groups (broad SMARTS) is 1. The summed E-state index contributed by atoms with van der Waals surface area (Å²) in [6.45, 7) is 1.53. The third-order valence-corrected chi connectivity index (χ3v) is 5.92. The number of likely N-dealkylation sites (tertiary alicyclic amines) is 1. The van der Waals surface area contributed by atoms with Crippen molar-refractivity contribution in [3.63, 3.8) is 0 Å². The third-order valence-electron chi connectivity index (χ3n) is 4.99. The fraction of sp³-hybridized carbons (Fsp3) is 0.688. The Bertz CT molecular complexity index is 533. The number of aromatic nitrogens is 1. The topological polar surface area (TPSA) is 82.5 Å². The fourth-order valence-electron chi connectivity index (χ4n) is 3.52. The largest absolute Gasteiger partial charge is 0.481 e. The van der Waals surface area contributed by atoms with Crippen LogP contribution in [0.25, 0.3) is 0 Å². The summed E-state index contributed by atoms with van der Waals surface area (Å²) in [5.41, 5.74) is 0. The van der Waals surface area contributed by atoms with Crippen molar-refractivity contribution < 1.29 is 14.7 Å². The zero-order valence-electron chi connectivity index (χ0n) is 13.1. The van der Waals surface area contributed by atoms with Gasteiger partial charge in [-0.3, -0.25) is 4.79 Å². The van der Waals surface area contributed by atoms with Crippen LogP contribution in [-0.2, 0) is 4.79 Å². The van der Waals surface area contributed by atoms with Gasteiger partial charge in [0.05, 0.1) is 10.9 Å². The van der Waals surface area contributed by atoms with E-state index in [1.54, 1.807) is 11.3 Å². The van der Waals surface area contributed by atoms with E-state index in [2.05, 4.69) is 10.3 Å². The Hall–Kier alpha value is -1.63. The minimum Gasteiger partial charge on any atom is -0.481 e. The molecule has 1 saturated heterocycles. The number of carbonyl (C=O) groups excluding carboxylic acids is 1. The number of thiazole rings is 1. The van der Waals surface area contributed by atoms with Gasteiger partial charge in [-0.15, -0.1) is 11.3 Å². The number of rotatable bonds is 3. The maximum Gasteiger partial charge on any atom is 0.317 e. The normalized spacial score (nSPS) is 26.0. The van der Waals surface area contributed by atoms with Gasteiger partial charge in [0.1, 0.15) is 0 Å². The van der Waals surface area contributed by atoms with Gasteiger partial charge in [-0.1, -0.05) is 0 Å². The molecule has 0 aromatic carbocycles. The SMILES string of the molecule is O=C(O)C1CCC(NC(=O)N2CCC(c3nccs3)CC2)CC1. The molecule has 1 aromatic heterocycles. The first-order valence-corrected chi connectivity index (χ1v) is 9.19. The summed E-state index contributed by atoms with van der Waals surface area (Å²) in [6.07, 6.45) is 6.61. The minimum absolute atomic E-state index is 0.00126. The van der Waals surface area contributed by atoms with E-state index >= 15 is 0 Å². The van der Waals surface area contributed by atoms with Gasteiger partial charge in [-0.05, 0) is 38.5 Å². The average molecular weight is 337 g/mol. The van der Waals surface area contributed by atoms with Crippen molar-refractivity contribution >= 4 is 23.3 Å². The third kappa shape index (κ3) is 4.02. The molecule has 3 rings (SSSR count). The molecule has 0 radical (unpaired) electrons. The lowest BCUT2D eigenvalue weighted by molar-refractivity contribution is -0.142. The highest BCUT2D eigenvalue weighted by atomic mass is 32.1. The number of hydrogen-bond acceptors (Lipinski definition) is 4. The summed E-state index contributed by atoms with van der Waals surface area (Å²) in [7, 11) is 0. The lowest BCUT2D eigenvalue weighted by Crippen LogP contribution is -2.48. The molecule has 2 amide bonds. The highest BCUT2D eigenvalue weighted by Crippen LogP contribution is 2.29. The number of nitrogens with one attached hydrogen (secondary N) is 1. The summed E-state index contributed by atoms with van der Waals surface area (Å²) in [5, 5.41) is 15.3. The first-order valence-electron chi connectivity index (χ1n) is 8.31. The molecule has 1 aliphatic heterocycles. The van der Waals surface area contributed by atoms with Gasteiger partial charge in [-0.25, -0.2) is 9.78 Å². The van der Waals surface area contributed by atoms with Crippen molar-refractivity contribution in [3.8, 4) is 0 Å². The van der Waals surface area contributed by atoms with Crippen molar-refractivity contribution in [2.24, 2.45) is 5.92 Å². The van der Waals surface area contributed by atoms with Gasteiger partial charge in [0, 0.05) is 36.6 Å². The Balaban J connectivity index is 1.42. The summed E-state index contributed by atoms with van der Waals surface area (Å²) in [6, 6.07) is 0.121. The number of nitrogens with zero attached hydrogens (tertiary/aromatic N) is 2. The number of hydrogen-bond donors (Lipinski definition) is 2. The van der Waals surface area contributed by atoms with Gasteiger partial charge in [0.25, 0.3) is 0 Å². The van der Waals surface area contributed by atoms with Crippen LogP contribution in [0.2, 0.25) is 0 Å². The van der Waals surface area contributed by atoms with Gasteiger partial charge in [0.15, 0.2) is 0 Å². The molecule has 126 valence electrons. The van der Waals surface area contributed by atoms with E-state index in [0.29, 0.717) is 18.8 Å². The van der Waals surface area contributed by atoms with Gasteiger partial charge < -0.3 is 15.3 Å².